The molecule has 0 bridgehead atoms. The number of para-hydroxylation sites is 2. The molecule has 0 radical (unpaired) electrons. The molecule has 0 saturated carbocycles. The predicted octanol–water partition coefficient (Wildman–Crippen LogP) is 3.27. The number of benzene rings is 2. The van der Waals surface area contributed by atoms with Gasteiger partial charge in [0.2, 0.25) is 0 Å². The SMILES string of the molecule is C=CC(CCO)NN(c1ccccc1)c1ccccc1. The van der Waals surface area contributed by atoms with Gasteiger partial charge in [0.1, 0.15) is 0 Å². The van der Waals surface area contributed by atoms with E-state index in [2.05, 4.69) is 12.0 Å². The van der Waals surface area contributed by atoms with E-state index in [1.165, 1.54) is 0 Å². The molecule has 3 heteroatoms. The Hall–Kier alpha value is -2.10. The fourth-order valence-corrected chi connectivity index (χ4v) is 1.99. The lowest BCUT2D eigenvalue weighted by atomic mass is 10.2. The summed E-state index contributed by atoms with van der Waals surface area (Å²) in [4.78, 5) is 0. The average Bonchev–Trinajstić information content (AvgIpc) is 2.53. The van der Waals surface area contributed by atoms with Crippen LogP contribution in [-0.2, 0) is 0 Å². The van der Waals surface area contributed by atoms with Crippen LogP contribution in [0.3, 0.4) is 0 Å². The largest absolute Gasteiger partial charge is 0.396 e. The number of rotatable bonds is 7. The summed E-state index contributed by atoms with van der Waals surface area (Å²) < 4.78 is 0. The van der Waals surface area contributed by atoms with Gasteiger partial charge >= 0.3 is 0 Å². The summed E-state index contributed by atoms with van der Waals surface area (Å²) in [6.07, 6.45) is 2.44. The van der Waals surface area contributed by atoms with Crippen molar-refractivity contribution >= 4 is 11.4 Å². The first-order chi connectivity index (χ1) is 9.85. The van der Waals surface area contributed by atoms with Crippen molar-refractivity contribution in [3.63, 3.8) is 0 Å². The second-order valence-electron chi connectivity index (χ2n) is 4.49. The zero-order valence-electron chi connectivity index (χ0n) is 11.4. The maximum absolute atomic E-state index is 9.12. The van der Waals surface area contributed by atoms with Gasteiger partial charge in [0.05, 0.1) is 11.4 Å². The van der Waals surface area contributed by atoms with E-state index in [0.29, 0.717) is 6.42 Å². The number of aliphatic hydroxyl groups is 1. The van der Waals surface area contributed by atoms with E-state index in [4.69, 9.17) is 5.11 Å². The van der Waals surface area contributed by atoms with Crippen LogP contribution >= 0.6 is 0 Å². The molecule has 2 aromatic carbocycles. The average molecular weight is 268 g/mol. The molecule has 0 amide bonds. The molecule has 1 atom stereocenters. The topological polar surface area (TPSA) is 35.5 Å². The van der Waals surface area contributed by atoms with Gasteiger partial charge in [-0.3, -0.25) is 5.01 Å². The monoisotopic (exact) mass is 268 g/mol. The second kappa shape index (κ2) is 7.48. The van der Waals surface area contributed by atoms with Crippen LogP contribution < -0.4 is 10.4 Å². The van der Waals surface area contributed by atoms with E-state index in [9.17, 15) is 0 Å². The van der Waals surface area contributed by atoms with Gasteiger partial charge in [0, 0.05) is 12.6 Å². The van der Waals surface area contributed by atoms with Crippen LogP contribution in [0, 0.1) is 0 Å². The molecule has 0 aliphatic heterocycles. The Kier molecular flexibility index (Phi) is 5.35. The number of hydrogen-bond donors (Lipinski definition) is 2. The molecule has 0 spiro atoms. The fourth-order valence-electron chi connectivity index (χ4n) is 1.99. The lowest BCUT2D eigenvalue weighted by Gasteiger charge is -2.29. The van der Waals surface area contributed by atoms with Crippen LogP contribution in [0.4, 0.5) is 11.4 Å². The highest BCUT2D eigenvalue weighted by atomic mass is 16.3. The van der Waals surface area contributed by atoms with Crippen molar-refractivity contribution in [3.05, 3.63) is 73.3 Å². The summed E-state index contributed by atoms with van der Waals surface area (Å²) in [6, 6.07) is 20.2. The Morgan fingerprint density at radius 2 is 1.50 bits per heavy atom. The number of anilines is 2. The van der Waals surface area contributed by atoms with Crippen LogP contribution in [0.15, 0.2) is 73.3 Å². The van der Waals surface area contributed by atoms with Gasteiger partial charge in [0.25, 0.3) is 0 Å². The molecule has 0 aliphatic rings. The van der Waals surface area contributed by atoms with Gasteiger partial charge in [-0.15, -0.1) is 6.58 Å². The quantitative estimate of drug-likeness (QED) is 0.597. The number of aliphatic hydroxyl groups excluding tert-OH is 1. The minimum Gasteiger partial charge on any atom is -0.396 e. The first-order valence-corrected chi connectivity index (χ1v) is 6.75. The molecule has 2 rings (SSSR count). The summed E-state index contributed by atoms with van der Waals surface area (Å²) in [5, 5.41) is 11.1. The molecule has 104 valence electrons. The van der Waals surface area contributed by atoms with E-state index in [1.807, 2.05) is 71.7 Å². The van der Waals surface area contributed by atoms with Gasteiger partial charge in [-0.1, -0.05) is 42.5 Å². The van der Waals surface area contributed by atoms with Gasteiger partial charge in [-0.25, -0.2) is 5.43 Å². The van der Waals surface area contributed by atoms with Crippen molar-refractivity contribution in [2.45, 2.75) is 12.5 Å². The first-order valence-electron chi connectivity index (χ1n) is 6.75. The van der Waals surface area contributed by atoms with Gasteiger partial charge in [-0.2, -0.15) is 0 Å². The highest BCUT2D eigenvalue weighted by Crippen LogP contribution is 2.23. The number of nitrogens with one attached hydrogen (secondary N) is 1. The molecule has 0 aromatic heterocycles. The smallest absolute Gasteiger partial charge is 0.0578 e. The number of nitrogens with zero attached hydrogens (tertiary/aromatic N) is 1. The summed E-state index contributed by atoms with van der Waals surface area (Å²) in [6.45, 7) is 3.95. The molecular formula is C17H20N2O. The Labute approximate surface area is 120 Å². The Morgan fingerprint density at radius 3 is 1.90 bits per heavy atom. The summed E-state index contributed by atoms with van der Waals surface area (Å²) in [5.41, 5.74) is 5.48. The maximum atomic E-state index is 9.12. The van der Waals surface area contributed by atoms with Gasteiger partial charge in [0.15, 0.2) is 0 Å². The summed E-state index contributed by atoms with van der Waals surface area (Å²) >= 11 is 0. The first kappa shape index (κ1) is 14.3. The van der Waals surface area contributed by atoms with Crippen molar-refractivity contribution in [2.24, 2.45) is 0 Å². The van der Waals surface area contributed by atoms with Crippen LogP contribution in [-0.4, -0.2) is 17.8 Å². The highest BCUT2D eigenvalue weighted by Gasteiger charge is 2.12. The van der Waals surface area contributed by atoms with Crippen LogP contribution in [0.2, 0.25) is 0 Å². The van der Waals surface area contributed by atoms with Gasteiger partial charge in [-0.05, 0) is 30.7 Å². The number of hydrazine groups is 1. The third kappa shape index (κ3) is 3.70. The molecule has 3 nitrogen and oxygen atoms in total. The zero-order chi connectivity index (χ0) is 14.2. The van der Waals surface area contributed by atoms with Crippen LogP contribution in [0.5, 0.6) is 0 Å². The third-order valence-corrected chi connectivity index (χ3v) is 3.05. The molecule has 0 fully saturated rings. The van der Waals surface area contributed by atoms with Crippen molar-refractivity contribution in [3.8, 4) is 0 Å². The zero-order valence-corrected chi connectivity index (χ0v) is 11.4. The van der Waals surface area contributed by atoms with Crippen LogP contribution in [0.25, 0.3) is 0 Å². The second-order valence-corrected chi connectivity index (χ2v) is 4.49. The Bertz CT molecular complexity index is 474. The lowest BCUT2D eigenvalue weighted by molar-refractivity contribution is 0.275. The van der Waals surface area contributed by atoms with E-state index < -0.39 is 0 Å². The predicted molar refractivity (Wildman–Crippen MR) is 83.8 cm³/mol. The minimum absolute atomic E-state index is 0.0143. The summed E-state index contributed by atoms with van der Waals surface area (Å²) in [7, 11) is 0. The molecule has 20 heavy (non-hydrogen) atoms. The molecular weight excluding hydrogens is 248 g/mol. The molecule has 0 heterocycles. The van der Waals surface area contributed by atoms with E-state index in [-0.39, 0.29) is 12.6 Å². The van der Waals surface area contributed by atoms with E-state index in [1.54, 1.807) is 0 Å². The molecule has 0 saturated heterocycles. The molecule has 2 aromatic rings. The normalized spacial score (nSPS) is 11.8. The molecule has 1 unspecified atom stereocenters. The fraction of sp³-hybridized carbons (Fsp3) is 0.176. The van der Waals surface area contributed by atoms with Crippen molar-refractivity contribution in [2.75, 3.05) is 11.6 Å². The maximum Gasteiger partial charge on any atom is 0.0578 e. The lowest BCUT2D eigenvalue weighted by Crippen LogP contribution is -2.41. The Morgan fingerprint density at radius 1 is 1.00 bits per heavy atom. The van der Waals surface area contributed by atoms with Gasteiger partial charge < -0.3 is 5.11 Å². The minimum atomic E-state index is 0.0143. The third-order valence-electron chi connectivity index (χ3n) is 3.05. The van der Waals surface area contributed by atoms with Crippen LogP contribution in [0.1, 0.15) is 6.42 Å². The van der Waals surface area contributed by atoms with Crippen molar-refractivity contribution < 1.29 is 5.11 Å². The highest BCUT2D eigenvalue weighted by molar-refractivity contribution is 5.61. The van der Waals surface area contributed by atoms with E-state index >= 15 is 0 Å². The van der Waals surface area contributed by atoms with E-state index in [0.717, 1.165) is 11.4 Å². The van der Waals surface area contributed by atoms with Crippen molar-refractivity contribution in [1.82, 2.24) is 5.43 Å². The number of hydrogen-bond acceptors (Lipinski definition) is 3. The Balaban J connectivity index is 2.27. The molecule has 2 N–H and O–H groups in total. The molecule has 0 aliphatic carbocycles. The van der Waals surface area contributed by atoms with Crippen molar-refractivity contribution in [1.29, 1.82) is 0 Å². The summed E-state index contributed by atoms with van der Waals surface area (Å²) in [5.74, 6) is 0. The standard InChI is InChI=1S/C17H20N2O/c1-2-15(13-14-20)18-19(16-9-5-3-6-10-16)17-11-7-4-8-12-17/h2-12,15,18,20H,1,13-14H2.